The monoisotopic (exact) mass is 314 g/mol. The van der Waals surface area contributed by atoms with Gasteiger partial charge < -0.3 is 20.1 Å². The van der Waals surface area contributed by atoms with Gasteiger partial charge in [0.1, 0.15) is 0 Å². The highest BCUT2D eigenvalue weighted by molar-refractivity contribution is 6.31. The first-order chi connectivity index (χ1) is 9.86. The number of carboxylic acids is 1. The van der Waals surface area contributed by atoms with Gasteiger partial charge in [0.25, 0.3) is 0 Å². The molecule has 0 aliphatic heterocycles. The van der Waals surface area contributed by atoms with E-state index in [1.165, 1.54) is 18.2 Å². The van der Waals surface area contributed by atoms with Gasteiger partial charge in [0.15, 0.2) is 0 Å². The second kappa shape index (κ2) is 7.85. The SMILES string of the molecule is COCCN(C(=O)Nc1cc(Cl)ccc1C(=O)O)C(C)C. The largest absolute Gasteiger partial charge is 0.478 e. The number of carboxylic acid groups (broad SMARTS) is 1. The Bertz CT molecular complexity index is 520. The van der Waals surface area contributed by atoms with E-state index in [1.54, 1.807) is 12.0 Å². The second-order valence-electron chi connectivity index (χ2n) is 4.71. The Morgan fingerprint density at radius 2 is 2.10 bits per heavy atom. The van der Waals surface area contributed by atoms with Gasteiger partial charge in [-0.1, -0.05) is 11.6 Å². The Labute approximate surface area is 128 Å². The van der Waals surface area contributed by atoms with Crippen molar-refractivity contribution in [3.8, 4) is 0 Å². The molecule has 0 saturated carbocycles. The van der Waals surface area contributed by atoms with Crippen molar-refractivity contribution in [1.29, 1.82) is 0 Å². The Morgan fingerprint density at radius 1 is 1.43 bits per heavy atom. The van der Waals surface area contributed by atoms with Crippen molar-refractivity contribution < 1.29 is 19.4 Å². The summed E-state index contributed by atoms with van der Waals surface area (Å²) in [6, 6.07) is 3.79. The first-order valence-electron chi connectivity index (χ1n) is 6.46. The van der Waals surface area contributed by atoms with Crippen molar-refractivity contribution in [3.05, 3.63) is 28.8 Å². The quantitative estimate of drug-likeness (QED) is 0.846. The number of rotatable bonds is 6. The van der Waals surface area contributed by atoms with Gasteiger partial charge in [-0.2, -0.15) is 0 Å². The number of benzene rings is 1. The molecule has 21 heavy (non-hydrogen) atoms. The molecule has 0 radical (unpaired) electrons. The number of methoxy groups -OCH3 is 1. The number of hydrogen-bond acceptors (Lipinski definition) is 3. The average Bonchev–Trinajstić information content (AvgIpc) is 2.38. The third kappa shape index (κ3) is 4.91. The molecule has 1 aromatic carbocycles. The lowest BCUT2D eigenvalue weighted by atomic mass is 10.2. The van der Waals surface area contributed by atoms with Crippen LogP contribution in [0.5, 0.6) is 0 Å². The molecule has 0 spiro atoms. The van der Waals surface area contributed by atoms with Crippen LogP contribution < -0.4 is 5.32 Å². The Kier molecular flexibility index (Phi) is 6.45. The summed E-state index contributed by atoms with van der Waals surface area (Å²) in [7, 11) is 1.55. The Morgan fingerprint density at radius 3 is 2.62 bits per heavy atom. The van der Waals surface area contributed by atoms with Crippen LogP contribution in [0.2, 0.25) is 5.02 Å². The number of carbonyl (C=O) groups excluding carboxylic acids is 1. The molecule has 0 heterocycles. The summed E-state index contributed by atoms with van der Waals surface area (Å²) in [6.07, 6.45) is 0. The highest BCUT2D eigenvalue weighted by atomic mass is 35.5. The summed E-state index contributed by atoms with van der Waals surface area (Å²) in [4.78, 5) is 25.0. The lowest BCUT2D eigenvalue weighted by molar-refractivity contribution is 0.0698. The number of urea groups is 1. The number of aromatic carboxylic acids is 1. The van der Waals surface area contributed by atoms with Crippen LogP contribution >= 0.6 is 11.6 Å². The number of carbonyl (C=O) groups is 2. The van der Waals surface area contributed by atoms with Crippen molar-refractivity contribution in [2.24, 2.45) is 0 Å². The molecule has 116 valence electrons. The van der Waals surface area contributed by atoms with E-state index in [0.29, 0.717) is 18.2 Å². The molecular weight excluding hydrogens is 296 g/mol. The number of nitrogens with zero attached hydrogens (tertiary/aromatic N) is 1. The van der Waals surface area contributed by atoms with Crippen molar-refractivity contribution in [2.45, 2.75) is 19.9 Å². The van der Waals surface area contributed by atoms with Crippen molar-refractivity contribution in [1.82, 2.24) is 4.90 Å². The maximum absolute atomic E-state index is 12.3. The molecule has 0 aliphatic rings. The van der Waals surface area contributed by atoms with E-state index in [9.17, 15) is 9.59 Å². The van der Waals surface area contributed by atoms with Gasteiger partial charge in [-0.05, 0) is 32.0 Å². The number of ether oxygens (including phenoxy) is 1. The standard InChI is InChI=1S/C14H19ClN2O4/c1-9(2)17(6-7-21-3)14(20)16-12-8-10(15)4-5-11(12)13(18)19/h4-5,8-9H,6-7H2,1-3H3,(H,16,20)(H,18,19). The molecule has 7 heteroatoms. The number of amides is 2. The maximum Gasteiger partial charge on any atom is 0.337 e. The molecule has 0 unspecified atom stereocenters. The minimum Gasteiger partial charge on any atom is -0.478 e. The number of anilines is 1. The van der Waals surface area contributed by atoms with Crippen molar-refractivity contribution >= 4 is 29.3 Å². The third-order valence-electron chi connectivity index (χ3n) is 2.87. The molecule has 2 N–H and O–H groups in total. The van der Waals surface area contributed by atoms with Crippen LogP contribution in [0.25, 0.3) is 0 Å². The first kappa shape index (κ1) is 17.3. The van der Waals surface area contributed by atoms with Crippen LogP contribution in [0.3, 0.4) is 0 Å². The summed E-state index contributed by atoms with van der Waals surface area (Å²) in [5.74, 6) is -1.13. The predicted molar refractivity (Wildman–Crippen MR) is 81.1 cm³/mol. The number of nitrogens with one attached hydrogen (secondary N) is 1. The van der Waals surface area contributed by atoms with Crippen molar-refractivity contribution in [2.75, 3.05) is 25.6 Å². The topological polar surface area (TPSA) is 78.9 Å². The van der Waals surface area contributed by atoms with Gasteiger partial charge in [0.2, 0.25) is 0 Å². The molecule has 0 saturated heterocycles. The van der Waals surface area contributed by atoms with Crippen LogP contribution in [-0.2, 0) is 4.74 Å². The molecule has 6 nitrogen and oxygen atoms in total. The minimum atomic E-state index is -1.13. The van der Waals surface area contributed by atoms with Crippen LogP contribution in [0, 0.1) is 0 Å². The van der Waals surface area contributed by atoms with Gasteiger partial charge in [0, 0.05) is 24.7 Å². The predicted octanol–water partition coefficient (Wildman–Crippen LogP) is 2.93. The van der Waals surface area contributed by atoms with E-state index in [1.807, 2.05) is 13.8 Å². The molecule has 0 aliphatic carbocycles. The highest BCUT2D eigenvalue weighted by Crippen LogP contribution is 2.21. The van der Waals surface area contributed by atoms with Crippen LogP contribution in [0.15, 0.2) is 18.2 Å². The van der Waals surface area contributed by atoms with E-state index in [2.05, 4.69) is 5.32 Å². The zero-order valence-electron chi connectivity index (χ0n) is 12.2. The maximum atomic E-state index is 12.3. The molecule has 0 fully saturated rings. The summed E-state index contributed by atoms with van der Waals surface area (Å²) < 4.78 is 4.97. The summed E-state index contributed by atoms with van der Waals surface area (Å²) in [5.41, 5.74) is 0.159. The fraction of sp³-hybridized carbons (Fsp3) is 0.429. The Hall–Kier alpha value is -1.79. The molecular formula is C14H19ClN2O4. The molecule has 0 bridgehead atoms. The molecule has 1 aromatic rings. The van der Waals surface area contributed by atoms with Crippen molar-refractivity contribution in [3.63, 3.8) is 0 Å². The van der Waals surface area contributed by atoms with E-state index < -0.39 is 12.0 Å². The molecule has 0 atom stereocenters. The minimum absolute atomic E-state index is 0.0109. The van der Waals surface area contributed by atoms with E-state index in [-0.39, 0.29) is 17.3 Å². The third-order valence-corrected chi connectivity index (χ3v) is 3.11. The summed E-state index contributed by atoms with van der Waals surface area (Å²) >= 11 is 5.85. The van der Waals surface area contributed by atoms with Gasteiger partial charge in [0.05, 0.1) is 17.9 Å². The summed E-state index contributed by atoms with van der Waals surface area (Å²) in [6.45, 7) is 4.53. The second-order valence-corrected chi connectivity index (χ2v) is 5.14. The van der Waals surface area contributed by atoms with Gasteiger partial charge in [-0.25, -0.2) is 9.59 Å². The van der Waals surface area contributed by atoms with E-state index in [4.69, 9.17) is 21.4 Å². The normalized spacial score (nSPS) is 10.5. The van der Waals surface area contributed by atoms with E-state index in [0.717, 1.165) is 0 Å². The highest BCUT2D eigenvalue weighted by Gasteiger charge is 2.19. The fourth-order valence-electron chi connectivity index (χ4n) is 1.78. The lowest BCUT2D eigenvalue weighted by Gasteiger charge is -2.27. The number of hydrogen-bond donors (Lipinski definition) is 2. The first-order valence-corrected chi connectivity index (χ1v) is 6.84. The molecule has 1 rings (SSSR count). The van der Waals surface area contributed by atoms with E-state index >= 15 is 0 Å². The zero-order chi connectivity index (χ0) is 16.0. The Balaban J connectivity index is 2.95. The molecule has 2 amide bonds. The zero-order valence-corrected chi connectivity index (χ0v) is 13.0. The van der Waals surface area contributed by atoms with Gasteiger partial charge in [-0.15, -0.1) is 0 Å². The average molecular weight is 315 g/mol. The summed E-state index contributed by atoms with van der Waals surface area (Å²) in [5, 5.41) is 12.1. The molecule has 0 aromatic heterocycles. The smallest absolute Gasteiger partial charge is 0.337 e. The van der Waals surface area contributed by atoms with Crippen LogP contribution in [-0.4, -0.2) is 48.3 Å². The lowest BCUT2D eigenvalue weighted by Crippen LogP contribution is -2.42. The van der Waals surface area contributed by atoms with Crippen LogP contribution in [0.4, 0.5) is 10.5 Å². The fourth-order valence-corrected chi connectivity index (χ4v) is 1.95. The van der Waals surface area contributed by atoms with Crippen LogP contribution in [0.1, 0.15) is 24.2 Å². The van der Waals surface area contributed by atoms with Gasteiger partial charge >= 0.3 is 12.0 Å². The number of halogens is 1. The van der Waals surface area contributed by atoms with Gasteiger partial charge in [-0.3, -0.25) is 0 Å².